The molecule has 0 saturated heterocycles. The second-order valence-electron chi connectivity index (χ2n) is 5.86. The highest BCUT2D eigenvalue weighted by Crippen LogP contribution is 2.23. The molecule has 3 aromatic carbocycles. The van der Waals surface area contributed by atoms with Gasteiger partial charge < -0.3 is 5.32 Å². The molecular weight excluding hydrogens is 367 g/mol. The molecule has 0 aromatic heterocycles. The van der Waals surface area contributed by atoms with E-state index in [0.29, 0.717) is 22.5 Å². The zero-order valence-electron chi connectivity index (χ0n) is 14.4. The molecule has 0 spiro atoms. The van der Waals surface area contributed by atoms with Gasteiger partial charge in [0.2, 0.25) is 0 Å². The van der Waals surface area contributed by atoms with Crippen molar-refractivity contribution in [3.63, 3.8) is 0 Å². The second-order valence-corrected chi connectivity index (χ2v) is 7.54. The van der Waals surface area contributed by atoms with Gasteiger partial charge in [0.1, 0.15) is 5.82 Å². The number of rotatable bonds is 5. The van der Waals surface area contributed by atoms with Crippen molar-refractivity contribution in [1.29, 1.82) is 0 Å². The summed E-state index contributed by atoms with van der Waals surface area (Å²) >= 11 is 0. The average Bonchev–Trinajstić information content (AvgIpc) is 2.66. The third kappa shape index (κ3) is 4.32. The summed E-state index contributed by atoms with van der Waals surface area (Å²) in [5, 5.41) is 2.67. The van der Waals surface area contributed by atoms with Gasteiger partial charge in [-0.3, -0.25) is 9.52 Å². The summed E-state index contributed by atoms with van der Waals surface area (Å²) in [5.74, 6) is -0.818. The van der Waals surface area contributed by atoms with E-state index in [1.807, 2.05) is 0 Å². The van der Waals surface area contributed by atoms with Crippen LogP contribution in [0, 0.1) is 12.7 Å². The monoisotopic (exact) mass is 384 g/mol. The number of sulfonamides is 1. The van der Waals surface area contributed by atoms with E-state index in [1.54, 1.807) is 43.3 Å². The molecule has 7 heteroatoms. The first kappa shape index (κ1) is 18.6. The van der Waals surface area contributed by atoms with Crippen LogP contribution < -0.4 is 10.0 Å². The Bertz CT molecular complexity index is 1070. The van der Waals surface area contributed by atoms with E-state index in [9.17, 15) is 17.6 Å². The lowest BCUT2D eigenvalue weighted by atomic mass is 10.1. The number of carbonyl (C=O) groups excluding carboxylic acids is 1. The molecule has 0 aliphatic heterocycles. The van der Waals surface area contributed by atoms with Crippen molar-refractivity contribution in [3.05, 3.63) is 89.7 Å². The van der Waals surface area contributed by atoms with E-state index in [0.717, 1.165) is 0 Å². The van der Waals surface area contributed by atoms with Crippen LogP contribution in [0.4, 0.5) is 15.8 Å². The molecule has 1 amide bonds. The van der Waals surface area contributed by atoms with Crippen LogP contribution in [-0.4, -0.2) is 14.3 Å². The summed E-state index contributed by atoms with van der Waals surface area (Å²) in [6.07, 6.45) is 0. The number of carbonyl (C=O) groups is 1. The molecule has 0 atom stereocenters. The van der Waals surface area contributed by atoms with Crippen LogP contribution in [0.25, 0.3) is 0 Å². The number of nitrogens with one attached hydrogen (secondary N) is 2. The van der Waals surface area contributed by atoms with E-state index < -0.39 is 21.7 Å². The third-order valence-electron chi connectivity index (χ3n) is 3.98. The van der Waals surface area contributed by atoms with Gasteiger partial charge in [-0.25, -0.2) is 12.8 Å². The molecule has 2 N–H and O–H groups in total. The predicted octanol–water partition coefficient (Wildman–Crippen LogP) is 4.19. The molecule has 0 unspecified atom stereocenters. The zero-order valence-corrected chi connectivity index (χ0v) is 15.3. The summed E-state index contributed by atoms with van der Waals surface area (Å²) in [4.78, 5) is 12.7. The first-order valence-electron chi connectivity index (χ1n) is 8.11. The maximum atomic E-state index is 13.0. The minimum Gasteiger partial charge on any atom is -0.322 e. The Morgan fingerprint density at radius 2 is 1.56 bits per heavy atom. The fraction of sp³-hybridized carbons (Fsp3) is 0.0500. The molecule has 3 aromatic rings. The van der Waals surface area contributed by atoms with Crippen LogP contribution in [0.1, 0.15) is 15.9 Å². The van der Waals surface area contributed by atoms with Crippen molar-refractivity contribution < 1.29 is 17.6 Å². The molecular formula is C20H17FN2O3S. The number of hydrogen-bond acceptors (Lipinski definition) is 3. The maximum absolute atomic E-state index is 13.0. The van der Waals surface area contributed by atoms with Gasteiger partial charge in [0.15, 0.2) is 0 Å². The fourth-order valence-corrected chi connectivity index (χ4v) is 3.67. The van der Waals surface area contributed by atoms with Gasteiger partial charge in [-0.2, -0.15) is 0 Å². The molecule has 5 nitrogen and oxygen atoms in total. The standard InChI is InChI=1S/C20H17FN2O3S/c1-14-18(20(24)22-16-12-10-15(21)11-13-16)8-5-9-19(14)23-27(25,26)17-6-3-2-4-7-17/h2-13,23H,1H3,(H,22,24). The summed E-state index contributed by atoms with van der Waals surface area (Å²) in [6.45, 7) is 1.66. The van der Waals surface area contributed by atoms with Crippen LogP contribution >= 0.6 is 0 Å². The van der Waals surface area contributed by atoms with E-state index in [4.69, 9.17) is 0 Å². The lowest BCUT2D eigenvalue weighted by molar-refractivity contribution is 0.102. The summed E-state index contributed by atoms with van der Waals surface area (Å²) in [7, 11) is -3.77. The molecule has 138 valence electrons. The van der Waals surface area contributed by atoms with Gasteiger partial charge >= 0.3 is 0 Å². The van der Waals surface area contributed by atoms with Gasteiger partial charge in [-0.1, -0.05) is 24.3 Å². The Morgan fingerprint density at radius 1 is 0.889 bits per heavy atom. The van der Waals surface area contributed by atoms with Crippen molar-refractivity contribution in [2.24, 2.45) is 0 Å². The largest absolute Gasteiger partial charge is 0.322 e. The zero-order chi connectivity index (χ0) is 19.4. The fourth-order valence-electron chi connectivity index (χ4n) is 2.53. The molecule has 0 saturated carbocycles. The van der Waals surface area contributed by atoms with E-state index in [-0.39, 0.29) is 4.90 Å². The molecule has 0 radical (unpaired) electrons. The lowest BCUT2D eigenvalue weighted by Gasteiger charge is -2.14. The highest BCUT2D eigenvalue weighted by atomic mass is 32.2. The van der Waals surface area contributed by atoms with Crippen LogP contribution in [0.3, 0.4) is 0 Å². The first-order valence-corrected chi connectivity index (χ1v) is 9.59. The molecule has 3 rings (SSSR count). The van der Waals surface area contributed by atoms with Gasteiger partial charge in [-0.05, 0) is 61.0 Å². The molecule has 0 heterocycles. The summed E-state index contributed by atoms with van der Waals surface area (Å²) in [6, 6.07) is 18.1. The number of hydrogen-bond donors (Lipinski definition) is 2. The van der Waals surface area contributed by atoms with Crippen molar-refractivity contribution in [1.82, 2.24) is 0 Å². The average molecular weight is 384 g/mol. The number of anilines is 2. The predicted molar refractivity (Wildman–Crippen MR) is 103 cm³/mol. The van der Waals surface area contributed by atoms with Crippen molar-refractivity contribution in [2.75, 3.05) is 10.0 Å². The highest BCUT2D eigenvalue weighted by Gasteiger charge is 2.18. The van der Waals surface area contributed by atoms with Gasteiger partial charge in [0.25, 0.3) is 15.9 Å². The van der Waals surface area contributed by atoms with Crippen molar-refractivity contribution in [3.8, 4) is 0 Å². The number of benzene rings is 3. The van der Waals surface area contributed by atoms with Gasteiger partial charge in [0, 0.05) is 11.3 Å². The van der Waals surface area contributed by atoms with E-state index in [1.165, 1.54) is 36.4 Å². The van der Waals surface area contributed by atoms with Crippen LogP contribution in [-0.2, 0) is 10.0 Å². The topological polar surface area (TPSA) is 75.3 Å². The summed E-state index contributed by atoms with van der Waals surface area (Å²) in [5.41, 5.74) is 1.55. The SMILES string of the molecule is Cc1c(NS(=O)(=O)c2ccccc2)cccc1C(=O)Nc1ccc(F)cc1. The minimum absolute atomic E-state index is 0.130. The normalized spacial score (nSPS) is 11.0. The van der Waals surface area contributed by atoms with E-state index in [2.05, 4.69) is 10.0 Å². The Hall–Kier alpha value is -3.19. The van der Waals surface area contributed by atoms with E-state index >= 15 is 0 Å². The van der Waals surface area contributed by atoms with Crippen LogP contribution in [0.15, 0.2) is 77.7 Å². The molecule has 0 fully saturated rings. The molecule has 0 aliphatic carbocycles. The van der Waals surface area contributed by atoms with Crippen LogP contribution in [0.2, 0.25) is 0 Å². The third-order valence-corrected chi connectivity index (χ3v) is 5.36. The van der Waals surface area contributed by atoms with Gasteiger partial charge in [-0.15, -0.1) is 0 Å². The molecule has 0 bridgehead atoms. The molecule has 0 aliphatic rings. The number of halogens is 1. The van der Waals surface area contributed by atoms with Crippen molar-refractivity contribution in [2.45, 2.75) is 11.8 Å². The van der Waals surface area contributed by atoms with Gasteiger partial charge in [0.05, 0.1) is 10.6 Å². The quantitative estimate of drug-likeness (QED) is 0.693. The Kier molecular flexibility index (Phi) is 5.23. The first-order chi connectivity index (χ1) is 12.9. The Morgan fingerprint density at radius 3 is 2.22 bits per heavy atom. The lowest BCUT2D eigenvalue weighted by Crippen LogP contribution is -2.17. The second kappa shape index (κ2) is 7.59. The van der Waals surface area contributed by atoms with Crippen LogP contribution in [0.5, 0.6) is 0 Å². The maximum Gasteiger partial charge on any atom is 0.261 e. The van der Waals surface area contributed by atoms with Crippen molar-refractivity contribution >= 4 is 27.3 Å². The summed E-state index contributed by atoms with van der Waals surface area (Å²) < 4.78 is 40.5. The number of amides is 1. The minimum atomic E-state index is -3.77. The Labute approximate surface area is 156 Å². The smallest absolute Gasteiger partial charge is 0.261 e. The highest BCUT2D eigenvalue weighted by molar-refractivity contribution is 7.92. The Balaban J connectivity index is 1.85. The molecule has 27 heavy (non-hydrogen) atoms.